The first-order valence-electron chi connectivity index (χ1n) is 6.63. The third kappa shape index (κ3) is 3.44. The molecule has 1 aliphatic rings. The summed E-state index contributed by atoms with van der Waals surface area (Å²) in [6.07, 6.45) is 1.18. The Morgan fingerprint density at radius 3 is 2.86 bits per heavy atom. The second-order valence-electron chi connectivity index (χ2n) is 5.08. The molecule has 114 valence electrons. The first-order valence-corrected chi connectivity index (χ1v) is 7.01. The van der Waals surface area contributed by atoms with Crippen LogP contribution in [0.5, 0.6) is 0 Å². The van der Waals surface area contributed by atoms with Crippen LogP contribution < -0.4 is 5.32 Å². The van der Waals surface area contributed by atoms with Gasteiger partial charge in [0.1, 0.15) is 5.82 Å². The van der Waals surface area contributed by atoms with Crippen LogP contribution in [0.2, 0.25) is 5.02 Å². The molecule has 1 unspecified atom stereocenters. The highest BCUT2D eigenvalue weighted by atomic mass is 35.5. The van der Waals surface area contributed by atoms with Crippen LogP contribution in [0.1, 0.15) is 18.4 Å². The van der Waals surface area contributed by atoms with Crippen molar-refractivity contribution >= 4 is 29.3 Å². The van der Waals surface area contributed by atoms with Gasteiger partial charge in [0, 0.05) is 18.7 Å². The lowest BCUT2D eigenvalue weighted by Crippen LogP contribution is -2.44. The third-order valence-electron chi connectivity index (χ3n) is 3.64. The summed E-state index contributed by atoms with van der Waals surface area (Å²) in [6, 6.07) is 2.14. The summed E-state index contributed by atoms with van der Waals surface area (Å²) < 4.78 is 13.5. The van der Waals surface area contributed by atoms with E-state index in [1.807, 2.05) is 0 Å². The van der Waals surface area contributed by atoms with Gasteiger partial charge in [-0.15, -0.1) is 0 Å². The highest BCUT2D eigenvalue weighted by Gasteiger charge is 2.28. The SMILES string of the molecule is Cc1c(F)ccc(Cl)c1NC(=O)N1CCCC(C(=O)O)C1. The highest BCUT2D eigenvalue weighted by Crippen LogP contribution is 2.28. The van der Waals surface area contributed by atoms with Crippen LogP contribution in [-0.4, -0.2) is 35.1 Å². The van der Waals surface area contributed by atoms with Crippen molar-refractivity contribution in [3.63, 3.8) is 0 Å². The van der Waals surface area contributed by atoms with Gasteiger partial charge in [0.25, 0.3) is 0 Å². The van der Waals surface area contributed by atoms with Crippen molar-refractivity contribution in [1.29, 1.82) is 0 Å². The number of hydrogen-bond donors (Lipinski definition) is 2. The van der Waals surface area contributed by atoms with Crippen LogP contribution in [0.15, 0.2) is 12.1 Å². The lowest BCUT2D eigenvalue weighted by Gasteiger charge is -2.31. The average molecular weight is 315 g/mol. The molecule has 1 aromatic carbocycles. The number of halogens is 2. The van der Waals surface area contributed by atoms with Crippen molar-refractivity contribution in [2.45, 2.75) is 19.8 Å². The van der Waals surface area contributed by atoms with E-state index in [1.165, 1.54) is 24.0 Å². The van der Waals surface area contributed by atoms with Crippen molar-refractivity contribution in [2.75, 3.05) is 18.4 Å². The van der Waals surface area contributed by atoms with Gasteiger partial charge in [-0.05, 0) is 31.9 Å². The van der Waals surface area contributed by atoms with Crippen molar-refractivity contribution in [1.82, 2.24) is 4.90 Å². The topological polar surface area (TPSA) is 69.6 Å². The molecule has 2 rings (SSSR count). The minimum atomic E-state index is -0.910. The molecular weight excluding hydrogens is 299 g/mol. The number of amides is 2. The molecule has 1 saturated heterocycles. The number of nitrogens with zero attached hydrogens (tertiary/aromatic N) is 1. The first kappa shape index (κ1) is 15.6. The van der Waals surface area contributed by atoms with Gasteiger partial charge in [-0.1, -0.05) is 11.6 Å². The van der Waals surface area contributed by atoms with Gasteiger partial charge in [-0.25, -0.2) is 9.18 Å². The molecule has 5 nitrogen and oxygen atoms in total. The first-order chi connectivity index (χ1) is 9.90. The zero-order valence-electron chi connectivity index (χ0n) is 11.5. The summed E-state index contributed by atoms with van der Waals surface area (Å²) in [7, 11) is 0. The highest BCUT2D eigenvalue weighted by molar-refractivity contribution is 6.33. The number of carbonyl (C=O) groups excluding carboxylic acids is 1. The van der Waals surface area contributed by atoms with Crippen LogP contribution >= 0.6 is 11.6 Å². The van der Waals surface area contributed by atoms with Crippen LogP contribution in [-0.2, 0) is 4.79 Å². The normalized spacial score (nSPS) is 18.4. The third-order valence-corrected chi connectivity index (χ3v) is 3.95. The maximum Gasteiger partial charge on any atom is 0.321 e. The zero-order chi connectivity index (χ0) is 15.6. The van der Waals surface area contributed by atoms with E-state index in [9.17, 15) is 14.0 Å². The van der Waals surface area contributed by atoms with Gasteiger partial charge in [-0.2, -0.15) is 0 Å². The number of aliphatic carboxylic acids is 1. The number of anilines is 1. The maximum atomic E-state index is 13.5. The Balaban J connectivity index is 2.11. The summed E-state index contributed by atoms with van der Waals surface area (Å²) in [5.41, 5.74) is 0.474. The number of urea groups is 1. The molecule has 2 N–H and O–H groups in total. The fourth-order valence-electron chi connectivity index (χ4n) is 2.36. The number of likely N-dealkylation sites (tertiary alicyclic amines) is 1. The van der Waals surface area contributed by atoms with Crippen molar-refractivity contribution < 1.29 is 19.1 Å². The zero-order valence-corrected chi connectivity index (χ0v) is 12.3. The number of hydrogen-bond acceptors (Lipinski definition) is 2. The summed E-state index contributed by atoms with van der Waals surface area (Å²) in [6.45, 7) is 2.14. The van der Waals surface area contributed by atoms with Gasteiger partial charge in [-0.3, -0.25) is 4.79 Å². The van der Waals surface area contributed by atoms with Gasteiger partial charge < -0.3 is 15.3 Å². The number of piperidine rings is 1. The van der Waals surface area contributed by atoms with E-state index in [2.05, 4.69) is 5.32 Å². The Morgan fingerprint density at radius 2 is 2.19 bits per heavy atom. The van der Waals surface area contributed by atoms with Crippen LogP contribution in [0.3, 0.4) is 0 Å². The van der Waals surface area contributed by atoms with Gasteiger partial charge >= 0.3 is 12.0 Å². The molecule has 1 fully saturated rings. The molecule has 21 heavy (non-hydrogen) atoms. The standard InChI is InChI=1S/C14H16ClFN2O3/c1-8-11(16)5-4-10(15)12(8)17-14(21)18-6-2-3-9(7-18)13(19)20/h4-5,9H,2-3,6-7H2,1H3,(H,17,21)(H,19,20). The summed E-state index contributed by atoms with van der Waals surface area (Å²) >= 11 is 5.97. The van der Waals surface area contributed by atoms with E-state index in [0.29, 0.717) is 19.4 Å². The van der Waals surface area contributed by atoms with Crippen LogP contribution in [0.25, 0.3) is 0 Å². The minimum Gasteiger partial charge on any atom is -0.481 e. The Kier molecular flexibility index (Phi) is 4.67. The molecule has 1 aliphatic heterocycles. The second-order valence-corrected chi connectivity index (χ2v) is 5.49. The molecule has 0 bridgehead atoms. The largest absolute Gasteiger partial charge is 0.481 e. The van der Waals surface area contributed by atoms with Gasteiger partial charge in [0.05, 0.1) is 16.6 Å². The lowest BCUT2D eigenvalue weighted by molar-refractivity contribution is -0.143. The molecule has 7 heteroatoms. The molecule has 0 radical (unpaired) electrons. The minimum absolute atomic E-state index is 0.146. The van der Waals surface area contributed by atoms with E-state index in [4.69, 9.17) is 16.7 Å². The van der Waals surface area contributed by atoms with Gasteiger partial charge in [0.2, 0.25) is 0 Å². The molecule has 2 amide bonds. The van der Waals surface area contributed by atoms with Crippen LogP contribution in [0, 0.1) is 18.7 Å². The van der Waals surface area contributed by atoms with Crippen molar-refractivity contribution in [3.05, 3.63) is 28.5 Å². The fourth-order valence-corrected chi connectivity index (χ4v) is 2.61. The predicted octanol–water partition coefficient (Wildman–Crippen LogP) is 3.12. The van der Waals surface area contributed by atoms with E-state index in [1.54, 1.807) is 0 Å². The molecule has 1 aromatic rings. The molecule has 0 aromatic heterocycles. The number of carboxylic acids is 1. The van der Waals surface area contributed by atoms with E-state index in [0.717, 1.165) is 0 Å². The Labute approximate surface area is 126 Å². The van der Waals surface area contributed by atoms with Crippen LogP contribution in [0.4, 0.5) is 14.9 Å². The fraction of sp³-hybridized carbons (Fsp3) is 0.429. The Morgan fingerprint density at radius 1 is 1.48 bits per heavy atom. The molecule has 0 aliphatic carbocycles. The number of carbonyl (C=O) groups is 2. The maximum absolute atomic E-state index is 13.5. The smallest absolute Gasteiger partial charge is 0.321 e. The van der Waals surface area contributed by atoms with Crippen molar-refractivity contribution in [3.8, 4) is 0 Å². The van der Waals surface area contributed by atoms with E-state index >= 15 is 0 Å². The van der Waals surface area contributed by atoms with Crippen molar-refractivity contribution in [2.24, 2.45) is 5.92 Å². The molecular formula is C14H16ClFN2O3. The van der Waals surface area contributed by atoms with E-state index < -0.39 is 23.7 Å². The molecule has 0 spiro atoms. The summed E-state index contributed by atoms with van der Waals surface area (Å²) in [5, 5.41) is 11.8. The average Bonchev–Trinajstić information content (AvgIpc) is 2.47. The Hall–Kier alpha value is -1.82. The number of rotatable bonds is 2. The number of carboxylic acid groups (broad SMARTS) is 1. The van der Waals surface area contributed by atoms with E-state index in [-0.39, 0.29) is 22.8 Å². The lowest BCUT2D eigenvalue weighted by atomic mass is 9.99. The monoisotopic (exact) mass is 314 g/mol. The number of benzene rings is 1. The number of nitrogens with one attached hydrogen (secondary N) is 1. The molecule has 1 heterocycles. The predicted molar refractivity (Wildman–Crippen MR) is 77.1 cm³/mol. The second kappa shape index (κ2) is 6.30. The van der Waals surface area contributed by atoms with Gasteiger partial charge in [0.15, 0.2) is 0 Å². The molecule has 1 atom stereocenters. The molecule has 0 saturated carbocycles. The summed E-state index contributed by atoms with van der Waals surface area (Å²) in [4.78, 5) is 24.6. The quantitative estimate of drug-likeness (QED) is 0.881. The summed E-state index contributed by atoms with van der Waals surface area (Å²) in [5.74, 6) is -1.93. The Bertz CT molecular complexity index is 580.